The number of nitrogens with one attached hydrogen (secondary N) is 2. The second-order valence-electron chi connectivity index (χ2n) is 4.22. The van der Waals surface area contributed by atoms with Crippen LogP contribution in [-0.4, -0.2) is 17.4 Å². The van der Waals surface area contributed by atoms with Gasteiger partial charge in [0.2, 0.25) is 5.90 Å². The van der Waals surface area contributed by atoms with Crippen LogP contribution in [0.2, 0.25) is 5.02 Å². The van der Waals surface area contributed by atoms with Crippen molar-refractivity contribution in [1.29, 1.82) is 10.8 Å². The summed E-state index contributed by atoms with van der Waals surface area (Å²) in [5, 5.41) is 24.8. The van der Waals surface area contributed by atoms with Crippen LogP contribution in [0.15, 0.2) is 48.5 Å². The molecule has 0 fully saturated rings. The van der Waals surface area contributed by atoms with Gasteiger partial charge in [-0.2, -0.15) is 0 Å². The summed E-state index contributed by atoms with van der Waals surface area (Å²) in [6.07, 6.45) is 2.47. The molecular weight excluding hydrogens is 288 g/mol. The lowest BCUT2D eigenvalue weighted by atomic mass is 10.0. The molecule has 0 spiro atoms. The van der Waals surface area contributed by atoms with Gasteiger partial charge >= 0.3 is 0 Å². The number of phenolic OH excluding ortho intramolecular Hbond substituents is 1. The zero-order chi connectivity index (χ0) is 15.2. The van der Waals surface area contributed by atoms with Gasteiger partial charge in [-0.25, -0.2) is 0 Å². The van der Waals surface area contributed by atoms with E-state index in [2.05, 4.69) is 0 Å². The third-order valence-corrected chi connectivity index (χ3v) is 3.03. The maximum Gasteiger partial charge on any atom is 0.221 e. The van der Waals surface area contributed by atoms with Crippen LogP contribution < -0.4 is 0 Å². The van der Waals surface area contributed by atoms with Gasteiger partial charge in [0, 0.05) is 10.6 Å². The second kappa shape index (κ2) is 6.72. The van der Waals surface area contributed by atoms with Gasteiger partial charge in [0.25, 0.3) is 0 Å². The fourth-order valence-corrected chi connectivity index (χ4v) is 1.90. The summed E-state index contributed by atoms with van der Waals surface area (Å²) in [5.41, 5.74) is 2.05. The van der Waals surface area contributed by atoms with Crippen LogP contribution in [0.3, 0.4) is 0 Å². The standard InChI is InChI=1S/C16H13ClN2O2/c17-13-5-1-11(2-6-13)9-15(16(19)21-10-18)12-3-7-14(20)8-4-12/h1-10,18-20H/b15-9+,18-10?,19-16?. The molecule has 0 heterocycles. The highest BCUT2D eigenvalue weighted by molar-refractivity contribution is 6.30. The molecule has 0 atom stereocenters. The van der Waals surface area contributed by atoms with Crippen LogP contribution in [0, 0.1) is 10.8 Å². The normalized spacial score (nSPS) is 11.0. The highest BCUT2D eigenvalue weighted by Crippen LogP contribution is 2.23. The molecule has 0 unspecified atom stereocenters. The van der Waals surface area contributed by atoms with Gasteiger partial charge in [0.1, 0.15) is 5.75 Å². The summed E-state index contributed by atoms with van der Waals surface area (Å²) in [6, 6.07) is 13.6. The van der Waals surface area contributed by atoms with Crippen molar-refractivity contribution in [3.63, 3.8) is 0 Å². The predicted octanol–water partition coefficient (Wildman–Crippen LogP) is 4.19. The van der Waals surface area contributed by atoms with Crippen LogP contribution in [0.1, 0.15) is 11.1 Å². The first-order chi connectivity index (χ1) is 10.1. The number of hydrogen-bond acceptors (Lipinski definition) is 4. The van der Waals surface area contributed by atoms with Gasteiger partial charge in [0.05, 0.1) is 0 Å². The Morgan fingerprint density at radius 1 is 1.05 bits per heavy atom. The molecule has 0 aliphatic carbocycles. The average Bonchev–Trinajstić information content (AvgIpc) is 2.48. The Morgan fingerprint density at radius 3 is 2.24 bits per heavy atom. The minimum atomic E-state index is -0.148. The molecule has 2 aromatic rings. The van der Waals surface area contributed by atoms with Crippen molar-refractivity contribution in [3.8, 4) is 5.75 Å². The monoisotopic (exact) mass is 300 g/mol. The number of benzene rings is 2. The Hall–Kier alpha value is -2.59. The van der Waals surface area contributed by atoms with Gasteiger partial charge in [-0.1, -0.05) is 35.9 Å². The SMILES string of the molecule is N=COC(=N)/C(=C/c1ccc(Cl)cc1)c1ccc(O)cc1. The molecular formula is C16H13ClN2O2. The molecule has 106 valence electrons. The first-order valence-corrected chi connectivity index (χ1v) is 6.49. The van der Waals surface area contributed by atoms with Gasteiger partial charge < -0.3 is 9.84 Å². The molecule has 5 heteroatoms. The summed E-state index contributed by atoms with van der Waals surface area (Å²) in [4.78, 5) is 0. The summed E-state index contributed by atoms with van der Waals surface area (Å²) in [6.45, 7) is 0. The van der Waals surface area contributed by atoms with Crippen LogP contribution in [0.25, 0.3) is 11.6 Å². The molecule has 0 aliphatic heterocycles. The maximum absolute atomic E-state index is 9.35. The number of rotatable bonds is 4. The molecule has 0 saturated heterocycles. The number of hydrogen-bond donors (Lipinski definition) is 3. The highest BCUT2D eigenvalue weighted by atomic mass is 35.5. The van der Waals surface area contributed by atoms with Crippen molar-refractivity contribution in [3.05, 3.63) is 64.7 Å². The number of halogens is 1. The molecule has 0 saturated carbocycles. The molecule has 0 radical (unpaired) electrons. The first kappa shape index (κ1) is 14.8. The van der Waals surface area contributed by atoms with E-state index in [0.29, 0.717) is 22.6 Å². The Bertz CT molecular complexity index is 676. The molecule has 0 aliphatic rings. The van der Waals surface area contributed by atoms with E-state index in [9.17, 15) is 5.11 Å². The molecule has 21 heavy (non-hydrogen) atoms. The number of ether oxygens (including phenoxy) is 1. The zero-order valence-corrected chi connectivity index (χ0v) is 11.8. The lowest BCUT2D eigenvalue weighted by Crippen LogP contribution is -2.04. The van der Waals surface area contributed by atoms with Crippen molar-refractivity contribution >= 4 is 35.5 Å². The summed E-state index contributed by atoms with van der Waals surface area (Å²) in [7, 11) is 0. The van der Waals surface area contributed by atoms with E-state index in [1.165, 1.54) is 12.1 Å². The van der Waals surface area contributed by atoms with Crippen LogP contribution in [-0.2, 0) is 4.74 Å². The molecule has 0 bridgehead atoms. The van der Waals surface area contributed by atoms with E-state index in [1.54, 1.807) is 30.3 Å². The molecule has 0 amide bonds. The van der Waals surface area contributed by atoms with Gasteiger partial charge in [-0.05, 0) is 41.5 Å². The molecule has 3 N–H and O–H groups in total. The van der Waals surface area contributed by atoms with E-state index in [-0.39, 0.29) is 11.6 Å². The fourth-order valence-electron chi connectivity index (χ4n) is 1.77. The Labute approximate surface area is 127 Å². The number of phenols is 1. The molecule has 2 rings (SSSR count). The van der Waals surface area contributed by atoms with Crippen LogP contribution in [0.4, 0.5) is 0 Å². The van der Waals surface area contributed by atoms with Gasteiger partial charge in [0.15, 0.2) is 6.40 Å². The summed E-state index contributed by atoms with van der Waals surface area (Å²) >= 11 is 5.85. The van der Waals surface area contributed by atoms with Crippen molar-refractivity contribution in [1.82, 2.24) is 0 Å². The Morgan fingerprint density at radius 2 is 1.67 bits per heavy atom. The fraction of sp³-hybridized carbons (Fsp3) is 0. The smallest absolute Gasteiger partial charge is 0.221 e. The topological polar surface area (TPSA) is 77.2 Å². The van der Waals surface area contributed by atoms with E-state index < -0.39 is 0 Å². The largest absolute Gasteiger partial charge is 0.508 e. The minimum absolute atomic E-state index is 0.143. The van der Waals surface area contributed by atoms with E-state index >= 15 is 0 Å². The predicted molar refractivity (Wildman–Crippen MR) is 85.0 cm³/mol. The number of aromatic hydroxyl groups is 1. The van der Waals surface area contributed by atoms with Gasteiger partial charge in [-0.15, -0.1) is 0 Å². The lowest BCUT2D eigenvalue weighted by molar-refractivity contribution is 0.475. The van der Waals surface area contributed by atoms with Gasteiger partial charge in [-0.3, -0.25) is 10.8 Å². The molecule has 2 aromatic carbocycles. The first-order valence-electron chi connectivity index (χ1n) is 6.11. The Balaban J connectivity index is 2.44. The average molecular weight is 301 g/mol. The van der Waals surface area contributed by atoms with E-state index in [4.69, 9.17) is 27.2 Å². The quantitative estimate of drug-likeness (QED) is 0.450. The maximum atomic E-state index is 9.35. The van der Waals surface area contributed by atoms with Crippen molar-refractivity contribution in [2.75, 3.05) is 0 Å². The van der Waals surface area contributed by atoms with Crippen molar-refractivity contribution < 1.29 is 9.84 Å². The van der Waals surface area contributed by atoms with Crippen molar-refractivity contribution in [2.24, 2.45) is 0 Å². The zero-order valence-electron chi connectivity index (χ0n) is 11.0. The van der Waals surface area contributed by atoms with Crippen LogP contribution in [0.5, 0.6) is 5.75 Å². The van der Waals surface area contributed by atoms with E-state index in [1.807, 2.05) is 12.1 Å². The Kier molecular flexibility index (Phi) is 4.74. The lowest BCUT2D eigenvalue weighted by Gasteiger charge is -2.08. The van der Waals surface area contributed by atoms with Crippen LogP contribution >= 0.6 is 11.6 Å². The van der Waals surface area contributed by atoms with Crippen molar-refractivity contribution in [2.45, 2.75) is 0 Å². The summed E-state index contributed by atoms with van der Waals surface area (Å²) < 4.78 is 4.85. The third kappa shape index (κ3) is 3.94. The summed E-state index contributed by atoms with van der Waals surface area (Å²) in [5.74, 6) is -0.00487. The molecule has 0 aromatic heterocycles. The minimum Gasteiger partial charge on any atom is -0.508 e. The third-order valence-electron chi connectivity index (χ3n) is 2.78. The highest BCUT2D eigenvalue weighted by Gasteiger charge is 2.10. The van der Waals surface area contributed by atoms with E-state index in [0.717, 1.165) is 5.56 Å². The molecule has 4 nitrogen and oxygen atoms in total. The second-order valence-corrected chi connectivity index (χ2v) is 4.66.